The molecular formula is C61H120NO8P. The highest BCUT2D eigenvalue weighted by Crippen LogP contribution is 2.43. The van der Waals surface area contributed by atoms with Gasteiger partial charge in [-0.25, -0.2) is 4.57 Å². The molecule has 2 unspecified atom stereocenters. The molecule has 0 aliphatic rings. The molecule has 0 aromatic heterocycles. The van der Waals surface area contributed by atoms with Crippen molar-refractivity contribution in [3.63, 3.8) is 0 Å². The number of phosphoric ester groups is 1. The van der Waals surface area contributed by atoms with Crippen molar-refractivity contribution in [2.45, 2.75) is 341 Å². The van der Waals surface area contributed by atoms with Crippen LogP contribution in [0.1, 0.15) is 335 Å². The maximum atomic E-state index is 12.6. The number of esters is 2. The zero-order valence-corrected chi connectivity index (χ0v) is 48.1. The molecule has 0 heterocycles. The van der Waals surface area contributed by atoms with Crippen LogP contribution in [0.4, 0.5) is 0 Å². The number of nitrogens with two attached hydrogens (primary N) is 1. The molecule has 71 heavy (non-hydrogen) atoms. The first-order valence-corrected chi connectivity index (χ1v) is 32.7. The van der Waals surface area contributed by atoms with Gasteiger partial charge in [0.2, 0.25) is 0 Å². The Hall–Kier alpha value is -1.25. The van der Waals surface area contributed by atoms with E-state index in [0.29, 0.717) is 6.42 Å². The summed E-state index contributed by atoms with van der Waals surface area (Å²) in [6.45, 7) is 3.76. The third kappa shape index (κ3) is 57.9. The summed E-state index contributed by atoms with van der Waals surface area (Å²) >= 11 is 0. The molecule has 0 amide bonds. The number of carbonyl (C=O) groups excluding carboxylic acids is 2. The SMILES string of the molecule is CCCCC/C=C\CCCCCCCC(=O)OC(COC(=O)CCCCCCCCCCCCCCCCCCCCCCCCCCCCCCCCCCCCCCCC)COP(=O)(O)OCCN. The smallest absolute Gasteiger partial charge is 0.462 e. The summed E-state index contributed by atoms with van der Waals surface area (Å²) in [6, 6.07) is 0. The maximum absolute atomic E-state index is 12.6. The minimum absolute atomic E-state index is 0.0550. The van der Waals surface area contributed by atoms with E-state index in [1.165, 1.54) is 244 Å². The highest BCUT2D eigenvalue weighted by Gasteiger charge is 2.26. The molecule has 2 atom stereocenters. The van der Waals surface area contributed by atoms with Gasteiger partial charge in [0.15, 0.2) is 6.10 Å². The Morgan fingerprint density at radius 1 is 0.408 bits per heavy atom. The van der Waals surface area contributed by atoms with Crippen molar-refractivity contribution in [3.8, 4) is 0 Å². The van der Waals surface area contributed by atoms with Crippen LogP contribution >= 0.6 is 7.82 Å². The first-order valence-electron chi connectivity index (χ1n) is 31.2. The summed E-state index contributed by atoms with van der Waals surface area (Å²) in [5.41, 5.74) is 5.37. The fourth-order valence-electron chi connectivity index (χ4n) is 9.52. The quantitative estimate of drug-likeness (QED) is 0.0264. The summed E-state index contributed by atoms with van der Waals surface area (Å²) < 4.78 is 32.9. The van der Waals surface area contributed by atoms with Crippen molar-refractivity contribution in [3.05, 3.63) is 12.2 Å². The lowest BCUT2D eigenvalue weighted by Gasteiger charge is -2.19. The van der Waals surface area contributed by atoms with Crippen molar-refractivity contribution in [1.29, 1.82) is 0 Å². The largest absolute Gasteiger partial charge is 0.472 e. The van der Waals surface area contributed by atoms with Gasteiger partial charge < -0.3 is 20.1 Å². The zero-order chi connectivity index (χ0) is 51.7. The minimum atomic E-state index is -4.38. The first kappa shape index (κ1) is 69.8. The molecule has 422 valence electrons. The molecule has 9 nitrogen and oxygen atoms in total. The second kappa shape index (κ2) is 58.0. The van der Waals surface area contributed by atoms with Crippen molar-refractivity contribution >= 4 is 19.8 Å². The van der Waals surface area contributed by atoms with E-state index < -0.39 is 26.5 Å². The van der Waals surface area contributed by atoms with E-state index in [9.17, 15) is 19.0 Å². The summed E-state index contributed by atoms with van der Waals surface area (Å²) in [5.74, 6) is -0.822. The van der Waals surface area contributed by atoms with Crippen molar-refractivity contribution in [1.82, 2.24) is 0 Å². The van der Waals surface area contributed by atoms with Gasteiger partial charge in [0.25, 0.3) is 0 Å². The Morgan fingerprint density at radius 2 is 0.690 bits per heavy atom. The van der Waals surface area contributed by atoms with Crippen LogP contribution in [0.15, 0.2) is 12.2 Å². The minimum Gasteiger partial charge on any atom is -0.462 e. The molecule has 0 aromatic rings. The lowest BCUT2D eigenvalue weighted by atomic mass is 10.0. The molecule has 3 N–H and O–H groups in total. The van der Waals surface area contributed by atoms with E-state index in [4.69, 9.17) is 24.3 Å². The maximum Gasteiger partial charge on any atom is 0.472 e. The van der Waals surface area contributed by atoms with Gasteiger partial charge in [0, 0.05) is 19.4 Å². The number of allylic oxidation sites excluding steroid dienone is 2. The number of rotatable bonds is 60. The number of hydrogen-bond acceptors (Lipinski definition) is 8. The van der Waals surface area contributed by atoms with Crippen molar-refractivity contribution in [2.24, 2.45) is 5.73 Å². The van der Waals surface area contributed by atoms with Gasteiger partial charge >= 0.3 is 19.8 Å². The molecule has 0 aromatic carbocycles. The van der Waals surface area contributed by atoms with Crippen LogP contribution in [0.3, 0.4) is 0 Å². The van der Waals surface area contributed by atoms with Crippen molar-refractivity contribution in [2.75, 3.05) is 26.4 Å². The monoisotopic (exact) mass is 1030 g/mol. The van der Waals surface area contributed by atoms with E-state index in [0.717, 1.165) is 57.8 Å². The van der Waals surface area contributed by atoms with Gasteiger partial charge in [-0.15, -0.1) is 0 Å². The fourth-order valence-corrected chi connectivity index (χ4v) is 10.3. The molecule has 0 rings (SSSR count). The Labute approximate surface area is 440 Å². The second-order valence-electron chi connectivity index (χ2n) is 21.3. The van der Waals surface area contributed by atoms with Gasteiger partial charge in [0.05, 0.1) is 13.2 Å². The summed E-state index contributed by atoms with van der Waals surface area (Å²) in [4.78, 5) is 35.0. The van der Waals surface area contributed by atoms with Gasteiger partial charge in [-0.1, -0.05) is 296 Å². The third-order valence-electron chi connectivity index (χ3n) is 14.2. The number of hydrogen-bond donors (Lipinski definition) is 2. The van der Waals surface area contributed by atoms with Crippen LogP contribution < -0.4 is 5.73 Å². The molecule has 10 heteroatoms. The van der Waals surface area contributed by atoms with Crippen LogP contribution in [-0.4, -0.2) is 49.3 Å². The summed E-state index contributed by atoms with van der Waals surface area (Å²) in [5, 5.41) is 0. The normalized spacial score (nSPS) is 13.0. The molecule has 0 fully saturated rings. The van der Waals surface area contributed by atoms with E-state index in [-0.39, 0.29) is 38.6 Å². The molecular weight excluding hydrogens is 906 g/mol. The topological polar surface area (TPSA) is 134 Å². The summed E-state index contributed by atoms with van der Waals surface area (Å²) in [6.07, 6.45) is 67.6. The predicted octanol–water partition coefficient (Wildman–Crippen LogP) is 19.6. The lowest BCUT2D eigenvalue weighted by Crippen LogP contribution is -2.29. The Kier molecular flexibility index (Phi) is 57.0. The van der Waals surface area contributed by atoms with Gasteiger partial charge in [-0.3, -0.25) is 18.6 Å². The van der Waals surface area contributed by atoms with Crippen LogP contribution in [0, 0.1) is 0 Å². The Balaban J connectivity index is 3.67. The van der Waals surface area contributed by atoms with Crippen LogP contribution in [0.5, 0.6) is 0 Å². The number of ether oxygens (including phenoxy) is 2. The molecule has 0 spiro atoms. The van der Waals surface area contributed by atoms with Crippen LogP contribution in [0.25, 0.3) is 0 Å². The van der Waals surface area contributed by atoms with Gasteiger partial charge in [0.1, 0.15) is 6.61 Å². The van der Waals surface area contributed by atoms with Crippen LogP contribution in [0.2, 0.25) is 0 Å². The summed E-state index contributed by atoms with van der Waals surface area (Å²) in [7, 11) is -4.38. The molecule has 0 saturated heterocycles. The van der Waals surface area contributed by atoms with E-state index in [2.05, 4.69) is 26.0 Å². The fraction of sp³-hybridized carbons (Fsp3) is 0.934. The standard InChI is InChI=1S/C61H120NO8P/c1-3-5-7-9-11-13-15-17-18-19-20-21-22-23-24-25-26-27-28-29-30-31-32-33-34-35-36-37-38-39-40-41-42-44-45-47-49-51-53-60(63)67-57-59(58-69-71(65,66)68-56-55-62)70-61(64)54-52-50-48-46-43-16-14-12-10-8-6-4-2/h12,14,59H,3-11,13,15-58,62H2,1-2H3,(H,65,66)/b14-12-. The van der Waals surface area contributed by atoms with Gasteiger partial charge in [-0.2, -0.15) is 0 Å². The van der Waals surface area contributed by atoms with Crippen LogP contribution in [-0.2, 0) is 32.7 Å². The first-order chi connectivity index (χ1) is 34.8. The zero-order valence-electron chi connectivity index (χ0n) is 47.2. The number of phosphoric acid groups is 1. The molecule has 0 bridgehead atoms. The Morgan fingerprint density at radius 3 is 1.03 bits per heavy atom. The average Bonchev–Trinajstić information content (AvgIpc) is 3.36. The molecule has 0 saturated carbocycles. The number of carbonyl (C=O) groups is 2. The van der Waals surface area contributed by atoms with Crippen molar-refractivity contribution < 1.29 is 37.6 Å². The van der Waals surface area contributed by atoms with E-state index in [1.54, 1.807) is 0 Å². The highest BCUT2D eigenvalue weighted by atomic mass is 31.2. The van der Waals surface area contributed by atoms with Gasteiger partial charge in [-0.05, 0) is 38.5 Å². The highest BCUT2D eigenvalue weighted by molar-refractivity contribution is 7.47. The second-order valence-corrected chi connectivity index (χ2v) is 22.7. The average molecular weight is 1030 g/mol. The predicted molar refractivity (Wildman–Crippen MR) is 303 cm³/mol. The Bertz CT molecular complexity index is 1170. The third-order valence-corrected chi connectivity index (χ3v) is 15.1. The molecule has 0 radical (unpaired) electrons. The van der Waals surface area contributed by atoms with E-state index in [1.807, 2.05) is 0 Å². The van der Waals surface area contributed by atoms with E-state index >= 15 is 0 Å². The molecule has 0 aliphatic heterocycles. The lowest BCUT2D eigenvalue weighted by molar-refractivity contribution is -0.161. The molecule has 0 aliphatic carbocycles. The number of unbranched alkanes of at least 4 members (excludes halogenated alkanes) is 45.